The quantitative estimate of drug-likeness (QED) is 0.278. The predicted octanol–water partition coefficient (Wildman–Crippen LogP) is -1.86. The number of ether oxygens (including phenoxy) is 1. The minimum atomic E-state index is -3.11. The van der Waals surface area contributed by atoms with Crippen molar-refractivity contribution in [1.29, 1.82) is 0 Å². The van der Waals surface area contributed by atoms with Crippen LogP contribution in [0.5, 0.6) is 0 Å². The molecule has 5 nitrogen and oxygen atoms in total. The average Bonchev–Trinajstić information content (AvgIpc) is 1.80. The highest BCUT2D eigenvalue weighted by molar-refractivity contribution is 4.63. The van der Waals surface area contributed by atoms with E-state index < -0.39 is 18.7 Å². The van der Waals surface area contributed by atoms with E-state index in [1.165, 1.54) is 0 Å². The molecule has 1 atom stereocenters. The largest absolute Gasteiger partial charge is 0.499 e. The number of hydrogen-bond donors (Lipinski definition) is 4. The Bertz CT molecular complexity index is 105. The maximum atomic E-state index is 8.59. The van der Waals surface area contributed by atoms with E-state index >= 15 is 0 Å². The molecule has 10 heavy (non-hydrogen) atoms. The van der Waals surface area contributed by atoms with Crippen LogP contribution in [0, 0.1) is 0 Å². The molecule has 0 aliphatic heterocycles. The highest BCUT2D eigenvalue weighted by Gasteiger charge is 2.30. The van der Waals surface area contributed by atoms with Gasteiger partial charge in [-0.15, -0.1) is 0 Å². The lowest BCUT2D eigenvalue weighted by Crippen LogP contribution is -2.44. The summed E-state index contributed by atoms with van der Waals surface area (Å²) in [7, 11) is 0. The molecule has 0 radical (unpaired) electrons. The SMILES string of the molecule is C=COCC(O)C(O)(O)O. The van der Waals surface area contributed by atoms with Crippen molar-refractivity contribution in [3.05, 3.63) is 12.8 Å². The fraction of sp³-hybridized carbons (Fsp3) is 0.600. The van der Waals surface area contributed by atoms with Gasteiger partial charge in [0.15, 0.2) is 6.10 Å². The maximum absolute atomic E-state index is 8.59. The lowest BCUT2D eigenvalue weighted by atomic mass is 10.3. The average molecular weight is 150 g/mol. The smallest absolute Gasteiger partial charge is 0.306 e. The van der Waals surface area contributed by atoms with Crippen molar-refractivity contribution in [2.75, 3.05) is 6.61 Å². The van der Waals surface area contributed by atoms with E-state index in [1.807, 2.05) is 0 Å². The van der Waals surface area contributed by atoms with Gasteiger partial charge in [-0.2, -0.15) is 0 Å². The van der Waals surface area contributed by atoms with Crippen LogP contribution in [0.1, 0.15) is 0 Å². The van der Waals surface area contributed by atoms with Gasteiger partial charge in [-0.1, -0.05) is 6.58 Å². The Morgan fingerprint density at radius 2 is 2.00 bits per heavy atom. The summed E-state index contributed by atoms with van der Waals surface area (Å²) in [6.07, 6.45) is -0.750. The second-order valence-corrected chi connectivity index (χ2v) is 1.70. The molecule has 4 N–H and O–H groups in total. The van der Waals surface area contributed by atoms with Gasteiger partial charge < -0.3 is 25.2 Å². The Labute approximate surface area is 57.8 Å². The third kappa shape index (κ3) is 3.41. The summed E-state index contributed by atoms with van der Waals surface area (Å²) in [5.41, 5.74) is 0. The summed E-state index contributed by atoms with van der Waals surface area (Å²) in [5, 5.41) is 33.4. The zero-order chi connectivity index (χ0) is 8.20. The van der Waals surface area contributed by atoms with Gasteiger partial charge in [-0.3, -0.25) is 0 Å². The molecular formula is C5H10O5. The van der Waals surface area contributed by atoms with Crippen LogP contribution in [0.4, 0.5) is 0 Å². The molecule has 0 aliphatic carbocycles. The first-order valence-corrected chi connectivity index (χ1v) is 2.56. The van der Waals surface area contributed by atoms with Crippen molar-refractivity contribution in [3.8, 4) is 0 Å². The highest BCUT2D eigenvalue weighted by atomic mass is 16.7. The standard InChI is InChI=1S/C5H10O5/c1-2-10-3-4(6)5(7,8)9/h2,4,6-9H,1,3H2. The van der Waals surface area contributed by atoms with Crippen molar-refractivity contribution in [1.82, 2.24) is 0 Å². The monoisotopic (exact) mass is 150 g/mol. The van der Waals surface area contributed by atoms with Crippen LogP contribution < -0.4 is 0 Å². The second-order valence-electron chi connectivity index (χ2n) is 1.70. The van der Waals surface area contributed by atoms with Crippen LogP contribution in [-0.2, 0) is 4.74 Å². The molecule has 0 aromatic carbocycles. The molecule has 0 spiro atoms. The molecule has 60 valence electrons. The summed E-state index contributed by atoms with van der Waals surface area (Å²) in [6.45, 7) is 2.71. The summed E-state index contributed by atoms with van der Waals surface area (Å²) < 4.78 is 4.36. The number of aliphatic hydroxyl groups is 4. The molecule has 0 saturated heterocycles. The van der Waals surface area contributed by atoms with Gasteiger partial charge in [0.25, 0.3) is 0 Å². The van der Waals surface area contributed by atoms with Crippen LogP contribution >= 0.6 is 0 Å². The van der Waals surface area contributed by atoms with Crippen LogP contribution in [0.15, 0.2) is 12.8 Å². The normalized spacial score (nSPS) is 14.4. The van der Waals surface area contributed by atoms with E-state index in [0.29, 0.717) is 0 Å². The van der Waals surface area contributed by atoms with Crippen molar-refractivity contribution in [3.63, 3.8) is 0 Å². The molecule has 0 rings (SSSR count). The molecule has 0 aromatic rings. The third-order valence-electron chi connectivity index (χ3n) is 0.819. The minimum absolute atomic E-state index is 0.424. The number of aliphatic hydroxyl groups excluding tert-OH is 1. The first-order chi connectivity index (χ1) is 4.48. The van der Waals surface area contributed by atoms with Gasteiger partial charge in [0.1, 0.15) is 6.61 Å². The van der Waals surface area contributed by atoms with Crippen LogP contribution in [0.25, 0.3) is 0 Å². The Hall–Kier alpha value is -0.620. The summed E-state index contributed by atoms with van der Waals surface area (Å²) in [6, 6.07) is 0. The van der Waals surface area contributed by atoms with Gasteiger partial charge >= 0.3 is 5.97 Å². The molecule has 0 aliphatic rings. The van der Waals surface area contributed by atoms with Crippen LogP contribution in [0.3, 0.4) is 0 Å². The Balaban J connectivity index is 3.61. The summed E-state index contributed by atoms with van der Waals surface area (Å²) in [4.78, 5) is 0. The van der Waals surface area contributed by atoms with Crippen molar-refractivity contribution in [2.45, 2.75) is 12.1 Å². The maximum Gasteiger partial charge on any atom is 0.306 e. The number of rotatable bonds is 4. The number of hydrogen-bond acceptors (Lipinski definition) is 5. The first kappa shape index (κ1) is 9.38. The summed E-state index contributed by atoms with van der Waals surface area (Å²) >= 11 is 0. The summed E-state index contributed by atoms with van der Waals surface area (Å²) in [5.74, 6) is -3.11. The molecule has 1 unspecified atom stereocenters. The van der Waals surface area contributed by atoms with Crippen molar-refractivity contribution < 1.29 is 25.2 Å². The Morgan fingerprint density at radius 1 is 1.50 bits per heavy atom. The van der Waals surface area contributed by atoms with Gasteiger partial charge in [-0.25, -0.2) is 0 Å². The van der Waals surface area contributed by atoms with E-state index in [-0.39, 0.29) is 0 Å². The van der Waals surface area contributed by atoms with E-state index in [4.69, 9.17) is 20.4 Å². The van der Waals surface area contributed by atoms with E-state index in [1.54, 1.807) is 0 Å². The zero-order valence-electron chi connectivity index (χ0n) is 5.27. The predicted molar refractivity (Wildman–Crippen MR) is 31.5 cm³/mol. The molecule has 0 amide bonds. The van der Waals surface area contributed by atoms with Crippen LogP contribution in [-0.4, -0.2) is 39.1 Å². The molecule has 5 heteroatoms. The molecule has 0 fully saturated rings. The lowest BCUT2D eigenvalue weighted by Gasteiger charge is -2.19. The second kappa shape index (κ2) is 3.52. The third-order valence-corrected chi connectivity index (χ3v) is 0.819. The van der Waals surface area contributed by atoms with Crippen molar-refractivity contribution >= 4 is 0 Å². The zero-order valence-corrected chi connectivity index (χ0v) is 5.27. The van der Waals surface area contributed by atoms with E-state index in [9.17, 15) is 0 Å². The molecule has 0 bridgehead atoms. The van der Waals surface area contributed by atoms with Crippen molar-refractivity contribution in [2.24, 2.45) is 0 Å². The molecule has 0 saturated carbocycles. The van der Waals surface area contributed by atoms with Gasteiger partial charge in [0.05, 0.1) is 6.26 Å². The van der Waals surface area contributed by atoms with E-state index in [0.717, 1.165) is 6.26 Å². The molecule has 0 heterocycles. The van der Waals surface area contributed by atoms with Gasteiger partial charge in [-0.05, 0) is 0 Å². The Kier molecular flexibility index (Phi) is 3.31. The van der Waals surface area contributed by atoms with Gasteiger partial charge in [0.2, 0.25) is 0 Å². The van der Waals surface area contributed by atoms with Gasteiger partial charge in [0, 0.05) is 0 Å². The highest BCUT2D eigenvalue weighted by Crippen LogP contribution is 2.01. The minimum Gasteiger partial charge on any atom is -0.499 e. The first-order valence-electron chi connectivity index (χ1n) is 2.56. The van der Waals surface area contributed by atoms with E-state index in [2.05, 4.69) is 11.3 Å². The fourth-order valence-electron chi connectivity index (χ4n) is 0.271. The lowest BCUT2D eigenvalue weighted by molar-refractivity contribution is -0.358. The topological polar surface area (TPSA) is 90.2 Å². The fourth-order valence-corrected chi connectivity index (χ4v) is 0.271. The molecule has 0 aromatic heterocycles. The Morgan fingerprint density at radius 3 is 2.30 bits per heavy atom. The van der Waals surface area contributed by atoms with Crippen LogP contribution in [0.2, 0.25) is 0 Å². The molecular weight excluding hydrogens is 140 g/mol.